The lowest BCUT2D eigenvalue weighted by Gasteiger charge is -2.50. The van der Waals surface area contributed by atoms with Crippen LogP contribution in [-0.2, 0) is 0 Å². The van der Waals surface area contributed by atoms with Crippen molar-refractivity contribution < 1.29 is 4.39 Å². The number of hydrogen-bond donors (Lipinski definition) is 1. The van der Waals surface area contributed by atoms with E-state index in [1.165, 1.54) is 6.07 Å². The Balaban J connectivity index is 2.28. The highest BCUT2D eigenvalue weighted by Gasteiger charge is 2.36. The van der Waals surface area contributed by atoms with E-state index in [1.54, 1.807) is 12.1 Å². The van der Waals surface area contributed by atoms with Crippen molar-refractivity contribution in [3.8, 4) is 0 Å². The summed E-state index contributed by atoms with van der Waals surface area (Å²) in [6.07, 6.45) is 0.928. The molecule has 2 rings (SSSR count). The molecule has 1 heterocycles. The fourth-order valence-electron chi connectivity index (χ4n) is 2.72. The minimum Gasteiger partial charge on any atom is -0.365 e. The molecule has 0 amide bonds. The highest BCUT2D eigenvalue weighted by Crippen LogP contribution is 2.29. The molecule has 0 aliphatic carbocycles. The van der Waals surface area contributed by atoms with Crippen molar-refractivity contribution in [3.05, 3.63) is 30.1 Å². The van der Waals surface area contributed by atoms with Crippen LogP contribution in [0.1, 0.15) is 20.3 Å². The predicted molar refractivity (Wildman–Crippen MR) is 77.9 cm³/mol. The Morgan fingerprint density at radius 2 is 2.16 bits per heavy atom. The zero-order chi connectivity index (χ0) is 14.0. The third-order valence-electron chi connectivity index (χ3n) is 4.16. The Labute approximate surface area is 115 Å². The first-order valence-electron chi connectivity index (χ1n) is 6.87. The second-order valence-corrected chi connectivity index (χ2v) is 6.03. The van der Waals surface area contributed by atoms with Crippen LogP contribution in [0.15, 0.2) is 24.3 Å². The Hall–Kier alpha value is -1.13. The Kier molecular flexibility index (Phi) is 4.11. The van der Waals surface area contributed by atoms with Gasteiger partial charge in [-0.1, -0.05) is 6.07 Å². The van der Waals surface area contributed by atoms with Gasteiger partial charge in [0.15, 0.2) is 0 Å². The Morgan fingerprint density at radius 1 is 1.42 bits per heavy atom. The summed E-state index contributed by atoms with van der Waals surface area (Å²) in [5.74, 6) is -0.180. The number of nitrogens with zero attached hydrogens (tertiary/aromatic N) is 2. The molecule has 0 bridgehead atoms. The van der Waals surface area contributed by atoms with Gasteiger partial charge >= 0.3 is 0 Å². The van der Waals surface area contributed by atoms with Gasteiger partial charge in [0.05, 0.1) is 0 Å². The van der Waals surface area contributed by atoms with Crippen LogP contribution < -0.4 is 10.6 Å². The lowest BCUT2D eigenvalue weighted by molar-refractivity contribution is 0.113. The average molecular weight is 265 g/mol. The number of rotatable bonds is 3. The molecule has 1 atom stereocenters. The second-order valence-electron chi connectivity index (χ2n) is 6.03. The molecule has 1 saturated heterocycles. The standard InChI is InChI=1S/C15H24FN3/c1-15(2)11-19(13-6-4-5-12(16)9-13)14(7-8-17)10-18(15)3/h4-6,9,14H,7-8,10-11,17H2,1-3H3. The average Bonchev–Trinajstić information content (AvgIpc) is 2.34. The second kappa shape index (κ2) is 5.47. The first-order valence-corrected chi connectivity index (χ1v) is 6.87. The van der Waals surface area contributed by atoms with Gasteiger partial charge in [-0.25, -0.2) is 4.39 Å². The van der Waals surface area contributed by atoms with Gasteiger partial charge in [0.25, 0.3) is 0 Å². The minimum absolute atomic E-state index is 0.0808. The van der Waals surface area contributed by atoms with Crippen molar-refractivity contribution in [2.75, 3.05) is 31.6 Å². The lowest BCUT2D eigenvalue weighted by Crippen LogP contribution is -2.62. The van der Waals surface area contributed by atoms with E-state index in [-0.39, 0.29) is 11.4 Å². The maximum Gasteiger partial charge on any atom is 0.125 e. The molecule has 0 spiro atoms. The monoisotopic (exact) mass is 265 g/mol. The highest BCUT2D eigenvalue weighted by molar-refractivity contribution is 5.49. The van der Waals surface area contributed by atoms with Crippen LogP contribution in [0.5, 0.6) is 0 Å². The molecule has 1 aromatic rings. The van der Waals surface area contributed by atoms with Crippen LogP contribution in [0.2, 0.25) is 0 Å². The quantitative estimate of drug-likeness (QED) is 0.908. The predicted octanol–water partition coefficient (Wildman–Crippen LogP) is 2.07. The molecule has 0 radical (unpaired) electrons. The molecule has 0 saturated carbocycles. The molecular weight excluding hydrogens is 241 g/mol. The van der Waals surface area contributed by atoms with E-state index in [4.69, 9.17) is 5.73 Å². The van der Waals surface area contributed by atoms with Crippen LogP contribution in [0.4, 0.5) is 10.1 Å². The first kappa shape index (κ1) is 14.3. The maximum atomic E-state index is 13.4. The fraction of sp³-hybridized carbons (Fsp3) is 0.600. The number of piperazine rings is 1. The molecule has 0 aromatic heterocycles. The van der Waals surface area contributed by atoms with Crippen LogP contribution in [0.3, 0.4) is 0 Å². The molecule has 106 valence electrons. The Bertz CT molecular complexity index is 433. The van der Waals surface area contributed by atoms with Crippen molar-refractivity contribution in [2.45, 2.75) is 31.8 Å². The van der Waals surface area contributed by atoms with Crippen LogP contribution in [0, 0.1) is 5.82 Å². The summed E-state index contributed by atoms with van der Waals surface area (Å²) in [6.45, 7) is 6.94. The molecule has 1 aliphatic heterocycles. The van der Waals surface area contributed by atoms with E-state index >= 15 is 0 Å². The SMILES string of the molecule is CN1CC(CCN)N(c2cccc(F)c2)CC1(C)C. The molecule has 1 unspecified atom stereocenters. The van der Waals surface area contributed by atoms with E-state index in [2.05, 4.69) is 30.7 Å². The van der Waals surface area contributed by atoms with Crippen molar-refractivity contribution in [1.82, 2.24) is 4.90 Å². The van der Waals surface area contributed by atoms with Gasteiger partial charge < -0.3 is 10.6 Å². The molecule has 2 N–H and O–H groups in total. The summed E-state index contributed by atoms with van der Waals surface area (Å²) in [6, 6.07) is 7.21. The Morgan fingerprint density at radius 3 is 2.79 bits per heavy atom. The molecule has 3 nitrogen and oxygen atoms in total. The van der Waals surface area contributed by atoms with Crippen molar-refractivity contribution in [1.29, 1.82) is 0 Å². The normalized spacial score (nSPS) is 23.6. The summed E-state index contributed by atoms with van der Waals surface area (Å²) < 4.78 is 13.4. The summed E-state index contributed by atoms with van der Waals surface area (Å²) in [5, 5.41) is 0. The summed E-state index contributed by atoms with van der Waals surface area (Å²) in [4.78, 5) is 4.67. The molecule has 4 heteroatoms. The number of anilines is 1. The highest BCUT2D eigenvalue weighted by atomic mass is 19.1. The topological polar surface area (TPSA) is 32.5 Å². The number of benzene rings is 1. The molecule has 1 fully saturated rings. The van der Waals surface area contributed by atoms with Crippen LogP contribution in [-0.4, -0.2) is 43.2 Å². The third kappa shape index (κ3) is 3.07. The molecular formula is C15H24FN3. The smallest absolute Gasteiger partial charge is 0.125 e. The third-order valence-corrected chi connectivity index (χ3v) is 4.16. The van der Waals surface area contributed by atoms with E-state index < -0.39 is 0 Å². The van der Waals surface area contributed by atoms with E-state index in [0.29, 0.717) is 12.6 Å². The fourth-order valence-corrected chi connectivity index (χ4v) is 2.72. The van der Waals surface area contributed by atoms with Gasteiger partial charge in [-0.2, -0.15) is 0 Å². The van der Waals surface area contributed by atoms with Crippen molar-refractivity contribution in [3.63, 3.8) is 0 Å². The van der Waals surface area contributed by atoms with Gasteiger partial charge in [0.2, 0.25) is 0 Å². The number of nitrogens with two attached hydrogens (primary N) is 1. The van der Waals surface area contributed by atoms with Gasteiger partial charge in [0, 0.05) is 30.4 Å². The van der Waals surface area contributed by atoms with E-state index in [9.17, 15) is 4.39 Å². The first-order chi connectivity index (χ1) is 8.94. The summed E-state index contributed by atoms with van der Waals surface area (Å²) in [5.41, 5.74) is 6.76. The number of hydrogen-bond acceptors (Lipinski definition) is 3. The van der Waals surface area contributed by atoms with Gasteiger partial charge in [0.1, 0.15) is 5.82 Å². The van der Waals surface area contributed by atoms with E-state index in [0.717, 1.165) is 25.2 Å². The number of likely N-dealkylation sites (N-methyl/N-ethyl adjacent to an activating group) is 1. The van der Waals surface area contributed by atoms with Crippen molar-refractivity contribution in [2.24, 2.45) is 5.73 Å². The molecule has 19 heavy (non-hydrogen) atoms. The maximum absolute atomic E-state index is 13.4. The summed E-state index contributed by atoms with van der Waals surface area (Å²) in [7, 11) is 2.15. The van der Waals surface area contributed by atoms with Gasteiger partial charge in [-0.3, -0.25) is 4.90 Å². The van der Waals surface area contributed by atoms with E-state index in [1.807, 2.05) is 6.07 Å². The number of halogens is 1. The van der Waals surface area contributed by atoms with Gasteiger partial charge in [-0.15, -0.1) is 0 Å². The largest absolute Gasteiger partial charge is 0.365 e. The molecule has 1 aliphatic rings. The zero-order valence-corrected chi connectivity index (χ0v) is 12.1. The van der Waals surface area contributed by atoms with Crippen LogP contribution >= 0.6 is 0 Å². The van der Waals surface area contributed by atoms with Gasteiger partial charge in [-0.05, 0) is 52.1 Å². The summed E-state index contributed by atoms with van der Waals surface area (Å²) >= 11 is 0. The minimum atomic E-state index is -0.180. The van der Waals surface area contributed by atoms with Crippen molar-refractivity contribution >= 4 is 5.69 Å². The molecule has 1 aromatic carbocycles. The zero-order valence-electron chi connectivity index (χ0n) is 12.1. The van der Waals surface area contributed by atoms with Crippen LogP contribution in [0.25, 0.3) is 0 Å². The lowest BCUT2D eigenvalue weighted by atomic mass is 9.94.